The number of carboxylic acid groups (broad SMARTS) is 1. The highest BCUT2D eigenvalue weighted by Gasteiger charge is 2.16. The molecule has 0 fully saturated rings. The molecule has 0 aliphatic heterocycles. The first kappa shape index (κ1) is 20.3. The number of aliphatic carboxylic acids is 1. The fraction of sp³-hybridized carbons (Fsp3) is 0.0417. The largest absolute Gasteiger partial charge is 0.488 e. The molecule has 1 N–H and O–H groups in total. The predicted molar refractivity (Wildman–Crippen MR) is 117 cm³/mol. The molecule has 4 rings (SSSR count). The number of aromatic nitrogens is 1. The maximum atomic E-state index is 11.8. The van der Waals surface area contributed by atoms with Gasteiger partial charge in [-0.05, 0) is 53.7 Å². The minimum atomic E-state index is -1.09. The molecule has 0 saturated heterocycles. The third kappa shape index (κ3) is 4.94. The number of carboxylic acids is 1. The van der Waals surface area contributed by atoms with E-state index in [1.807, 2.05) is 36.4 Å². The third-order valence-corrected chi connectivity index (χ3v) is 5.23. The number of nitriles is 1. The number of benzene rings is 3. The zero-order valence-electron chi connectivity index (χ0n) is 16.2. The van der Waals surface area contributed by atoms with Gasteiger partial charge in [0.2, 0.25) is 0 Å². The van der Waals surface area contributed by atoms with Crippen LogP contribution in [0.25, 0.3) is 17.2 Å². The molecule has 0 aliphatic rings. The fourth-order valence-corrected chi connectivity index (χ4v) is 3.57. The van der Waals surface area contributed by atoms with Gasteiger partial charge in [0, 0.05) is 5.56 Å². The molecule has 1 heterocycles. The first-order valence-electron chi connectivity index (χ1n) is 9.31. The molecule has 0 amide bonds. The van der Waals surface area contributed by atoms with E-state index in [0.29, 0.717) is 28.0 Å². The summed E-state index contributed by atoms with van der Waals surface area (Å²) in [6, 6.07) is 23.6. The standard InChI is InChI=1S/C24H16N2O4S/c25-14-16-9-11-17(12-10-16)15-29-20-7-3-1-5-18(20)13-22(23(27)28)31-24-26-19-6-2-4-8-21(19)30-24/h1-13H,15H2,(H,27,28)/b22-13-. The summed E-state index contributed by atoms with van der Waals surface area (Å²) in [6.07, 6.45) is 1.54. The van der Waals surface area contributed by atoms with Crippen molar-refractivity contribution < 1.29 is 19.1 Å². The van der Waals surface area contributed by atoms with E-state index in [1.54, 1.807) is 36.4 Å². The van der Waals surface area contributed by atoms with E-state index in [4.69, 9.17) is 14.4 Å². The molecule has 0 aliphatic carbocycles. The summed E-state index contributed by atoms with van der Waals surface area (Å²) >= 11 is 0.942. The number of fused-ring (bicyclic) bond motifs is 1. The number of oxazole rings is 1. The summed E-state index contributed by atoms with van der Waals surface area (Å²) in [4.78, 5) is 16.2. The van der Waals surface area contributed by atoms with Crippen molar-refractivity contribution in [1.29, 1.82) is 5.26 Å². The molecule has 0 bridgehead atoms. The summed E-state index contributed by atoms with van der Waals surface area (Å²) in [5.41, 5.74) is 3.37. The number of para-hydroxylation sites is 3. The summed E-state index contributed by atoms with van der Waals surface area (Å²) in [7, 11) is 0. The Morgan fingerprint density at radius 3 is 2.58 bits per heavy atom. The molecule has 0 saturated carbocycles. The second kappa shape index (κ2) is 9.20. The van der Waals surface area contributed by atoms with Crippen molar-refractivity contribution in [2.75, 3.05) is 0 Å². The van der Waals surface area contributed by atoms with E-state index in [1.165, 1.54) is 6.08 Å². The molecule has 0 atom stereocenters. The minimum absolute atomic E-state index is 0.0565. The van der Waals surface area contributed by atoms with Crippen LogP contribution in [0, 0.1) is 11.3 Å². The van der Waals surface area contributed by atoms with Crippen LogP contribution in [0.5, 0.6) is 5.75 Å². The molecule has 3 aromatic carbocycles. The van der Waals surface area contributed by atoms with Crippen LogP contribution in [0.15, 0.2) is 87.3 Å². The molecule has 152 valence electrons. The predicted octanol–water partition coefficient (Wildman–Crippen LogP) is 5.50. The smallest absolute Gasteiger partial charge is 0.342 e. The van der Waals surface area contributed by atoms with Gasteiger partial charge >= 0.3 is 5.97 Å². The lowest BCUT2D eigenvalue weighted by molar-refractivity contribution is -0.131. The van der Waals surface area contributed by atoms with Gasteiger partial charge in [-0.25, -0.2) is 9.78 Å². The number of nitrogens with zero attached hydrogens (tertiary/aromatic N) is 2. The van der Waals surface area contributed by atoms with E-state index >= 15 is 0 Å². The normalized spacial score (nSPS) is 11.3. The molecule has 31 heavy (non-hydrogen) atoms. The molecule has 0 unspecified atom stereocenters. The van der Waals surface area contributed by atoms with E-state index in [2.05, 4.69) is 11.1 Å². The van der Waals surface area contributed by atoms with Gasteiger partial charge < -0.3 is 14.3 Å². The van der Waals surface area contributed by atoms with Crippen molar-refractivity contribution >= 4 is 34.9 Å². The summed E-state index contributed by atoms with van der Waals surface area (Å²) < 4.78 is 11.5. The maximum absolute atomic E-state index is 11.8. The van der Waals surface area contributed by atoms with Crippen molar-refractivity contribution in [3.8, 4) is 11.8 Å². The van der Waals surface area contributed by atoms with Gasteiger partial charge in [-0.3, -0.25) is 0 Å². The summed E-state index contributed by atoms with van der Waals surface area (Å²) in [5.74, 6) is -0.544. The lowest BCUT2D eigenvalue weighted by Gasteiger charge is -2.10. The lowest BCUT2D eigenvalue weighted by atomic mass is 10.1. The number of hydrogen-bond donors (Lipinski definition) is 1. The minimum Gasteiger partial charge on any atom is -0.488 e. The van der Waals surface area contributed by atoms with Gasteiger partial charge in [-0.2, -0.15) is 5.26 Å². The lowest BCUT2D eigenvalue weighted by Crippen LogP contribution is -1.99. The van der Waals surface area contributed by atoms with Crippen molar-refractivity contribution in [1.82, 2.24) is 4.98 Å². The van der Waals surface area contributed by atoms with Gasteiger partial charge in [-0.15, -0.1) is 0 Å². The van der Waals surface area contributed by atoms with Crippen molar-refractivity contribution in [2.24, 2.45) is 0 Å². The molecular formula is C24H16N2O4S. The zero-order valence-corrected chi connectivity index (χ0v) is 17.0. The van der Waals surface area contributed by atoms with E-state index in [0.717, 1.165) is 17.3 Å². The highest BCUT2D eigenvalue weighted by Crippen LogP contribution is 2.32. The molecule has 0 spiro atoms. The Labute approximate surface area is 182 Å². The van der Waals surface area contributed by atoms with Crippen LogP contribution < -0.4 is 4.74 Å². The second-order valence-electron chi connectivity index (χ2n) is 6.50. The maximum Gasteiger partial charge on any atom is 0.342 e. The van der Waals surface area contributed by atoms with Gasteiger partial charge in [0.05, 0.1) is 11.6 Å². The van der Waals surface area contributed by atoms with Crippen LogP contribution in [0.2, 0.25) is 0 Å². The number of rotatable bonds is 7. The quantitative estimate of drug-likeness (QED) is 0.307. The molecule has 6 nitrogen and oxygen atoms in total. The van der Waals surface area contributed by atoms with E-state index in [-0.39, 0.29) is 16.7 Å². The van der Waals surface area contributed by atoms with Gasteiger partial charge in [-0.1, -0.05) is 42.5 Å². The monoisotopic (exact) mass is 428 g/mol. The van der Waals surface area contributed by atoms with Crippen LogP contribution >= 0.6 is 11.8 Å². The van der Waals surface area contributed by atoms with Gasteiger partial charge in [0.1, 0.15) is 22.8 Å². The Morgan fingerprint density at radius 2 is 1.84 bits per heavy atom. The number of carbonyl (C=O) groups is 1. The average molecular weight is 428 g/mol. The molecule has 0 radical (unpaired) electrons. The first-order valence-corrected chi connectivity index (χ1v) is 10.1. The van der Waals surface area contributed by atoms with E-state index < -0.39 is 5.97 Å². The summed E-state index contributed by atoms with van der Waals surface area (Å²) in [6.45, 7) is 0.289. The van der Waals surface area contributed by atoms with Gasteiger partial charge in [0.25, 0.3) is 5.22 Å². The van der Waals surface area contributed by atoms with Crippen molar-refractivity contribution in [3.05, 3.63) is 94.4 Å². The average Bonchev–Trinajstić information content (AvgIpc) is 3.21. The zero-order chi connectivity index (χ0) is 21.6. The van der Waals surface area contributed by atoms with Crippen LogP contribution in [0.3, 0.4) is 0 Å². The molecular weight excluding hydrogens is 412 g/mol. The van der Waals surface area contributed by atoms with Crippen LogP contribution in [0.1, 0.15) is 16.7 Å². The van der Waals surface area contributed by atoms with Crippen LogP contribution in [-0.2, 0) is 11.4 Å². The fourth-order valence-electron chi connectivity index (χ4n) is 2.83. The number of ether oxygens (including phenoxy) is 1. The van der Waals surface area contributed by atoms with E-state index in [9.17, 15) is 9.90 Å². The topological polar surface area (TPSA) is 96.4 Å². The Balaban J connectivity index is 1.56. The molecule has 1 aromatic heterocycles. The van der Waals surface area contributed by atoms with Crippen molar-refractivity contribution in [2.45, 2.75) is 11.8 Å². The van der Waals surface area contributed by atoms with Crippen LogP contribution in [0.4, 0.5) is 0 Å². The number of thioether (sulfide) groups is 1. The SMILES string of the molecule is N#Cc1ccc(COc2ccccc2/C=C(\Sc2nc3ccccc3o2)C(=O)O)cc1. The Hall–Kier alpha value is -4.02. The second-order valence-corrected chi connectivity index (χ2v) is 7.49. The number of hydrogen-bond acceptors (Lipinski definition) is 6. The molecule has 4 aromatic rings. The summed E-state index contributed by atoms with van der Waals surface area (Å²) in [5, 5.41) is 18.8. The highest BCUT2D eigenvalue weighted by atomic mass is 32.2. The Morgan fingerprint density at radius 1 is 1.10 bits per heavy atom. The molecule has 7 heteroatoms. The Kier molecular flexibility index (Phi) is 6.01. The van der Waals surface area contributed by atoms with Crippen molar-refractivity contribution in [3.63, 3.8) is 0 Å². The first-order chi connectivity index (χ1) is 15.1. The third-order valence-electron chi connectivity index (χ3n) is 4.37. The van der Waals surface area contributed by atoms with Gasteiger partial charge in [0.15, 0.2) is 5.58 Å². The highest BCUT2D eigenvalue weighted by molar-refractivity contribution is 8.03. The Bertz CT molecular complexity index is 1270. The van der Waals surface area contributed by atoms with Crippen LogP contribution in [-0.4, -0.2) is 16.1 Å².